The summed E-state index contributed by atoms with van der Waals surface area (Å²) >= 11 is 3.71. The first-order valence-electron chi connectivity index (χ1n) is 7.41. The van der Waals surface area contributed by atoms with Crippen molar-refractivity contribution in [2.75, 3.05) is 26.8 Å². The van der Waals surface area contributed by atoms with Crippen LogP contribution in [0.2, 0.25) is 0 Å². The Labute approximate surface area is 131 Å². The molecule has 0 amide bonds. The van der Waals surface area contributed by atoms with Crippen LogP contribution in [0.4, 0.5) is 0 Å². The molecule has 1 rings (SSSR count). The maximum absolute atomic E-state index is 5.07. The number of hydrogen-bond donors (Lipinski definition) is 1. The smallest absolute Gasteiger partial charge is 0.0766 e. The van der Waals surface area contributed by atoms with Gasteiger partial charge in [-0.1, -0.05) is 20.8 Å². The van der Waals surface area contributed by atoms with Crippen molar-refractivity contribution in [3.05, 3.63) is 15.9 Å². The Balaban J connectivity index is 2.68. The Kier molecular flexibility index (Phi) is 7.77. The van der Waals surface area contributed by atoms with E-state index in [1.807, 2.05) is 11.7 Å². The Morgan fingerprint density at radius 2 is 2.10 bits per heavy atom. The van der Waals surface area contributed by atoms with Gasteiger partial charge in [0.05, 0.1) is 22.5 Å². The van der Waals surface area contributed by atoms with E-state index in [1.165, 1.54) is 10.2 Å². The van der Waals surface area contributed by atoms with Gasteiger partial charge in [0.1, 0.15) is 0 Å². The highest BCUT2D eigenvalue weighted by Gasteiger charge is 2.19. The molecule has 20 heavy (non-hydrogen) atoms. The van der Waals surface area contributed by atoms with Crippen molar-refractivity contribution in [3.63, 3.8) is 0 Å². The van der Waals surface area contributed by atoms with Crippen molar-refractivity contribution >= 4 is 15.9 Å². The fourth-order valence-corrected chi connectivity index (χ4v) is 3.07. The highest BCUT2D eigenvalue weighted by molar-refractivity contribution is 9.10. The summed E-state index contributed by atoms with van der Waals surface area (Å²) in [4.78, 5) is 0. The van der Waals surface area contributed by atoms with Gasteiger partial charge in [-0.15, -0.1) is 0 Å². The third-order valence-electron chi connectivity index (χ3n) is 3.79. The van der Waals surface area contributed by atoms with Crippen molar-refractivity contribution in [1.29, 1.82) is 0 Å². The summed E-state index contributed by atoms with van der Waals surface area (Å²) in [5, 5.41) is 8.06. The minimum Gasteiger partial charge on any atom is -0.383 e. The van der Waals surface area contributed by atoms with Gasteiger partial charge in [0.15, 0.2) is 0 Å². The summed E-state index contributed by atoms with van der Waals surface area (Å²) in [6, 6.07) is 0. The van der Waals surface area contributed by atoms with Crippen LogP contribution in [0.5, 0.6) is 0 Å². The zero-order valence-corrected chi connectivity index (χ0v) is 15.0. The van der Waals surface area contributed by atoms with Crippen molar-refractivity contribution < 1.29 is 4.74 Å². The van der Waals surface area contributed by atoms with Gasteiger partial charge in [-0.3, -0.25) is 4.68 Å². The molecule has 0 aliphatic carbocycles. The molecule has 1 aromatic rings. The van der Waals surface area contributed by atoms with Gasteiger partial charge in [-0.25, -0.2) is 0 Å². The number of rotatable bonds is 9. The number of nitrogens with one attached hydrogen (secondary N) is 1. The van der Waals surface area contributed by atoms with E-state index in [1.54, 1.807) is 7.11 Å². The van der Waals surface area contributed by atoms with E-state index in [2.05, 4.69) is 47.1 Å². The summed E-state index contributed by atoms with van der Waals surface area (Å²) in [6.45, 7) is 9.40. The van der Waals surface area contributed by atoms with E-state index in [0.29, 0.717) is 11.8 Å². The molecule has 1 unspecified atom stereocenters. The number of halogens is 1. The molecule has 0 aliphatic heterocycles. The fourth-order valence-electron chi connectivity index (χ4n) is 2.30. The molecule has 0 saturated heterocycles. The molecule has 1 aromatic heterocycles. The van der Waals surface area contributed by atoms with Gasteiger partial charge in [0.25, 0.3) is 0 Å². The molecular weight excluding hydrogens is 318 g/mol. The van der Waals surface area contributed by atoms with Crippen LogP contribution in [-0.4, -0.2) is 36.6 Å². The summed E-state index contributed by atoms with van der Waals surface area (Å²) < 4.78 is 8.28. The highest BCUT2D eigenvalue weighted by Crippen LogP contribution is 2.26. The predicted molar refractivity (Wildman–Crippen MR) is 87.1 cm³/mol. The predicted octanol–water partition coefficient (Wildman–Crippen LogP) is 2.80. The van der Waals surface area contributed by atoms with Gasteiger partial charge in [-0.2, -0.15) is 5.10 Å². The molecule has 116 valence electrons. The van der Waals surface area contributed by atoms with Crippen molar-refractivity contribution in [3.8, 4) is 0 Å². The van der Waals surface area contributed by atoms with Crippen LogP contribution in [0, 0.1) is 11.8 Å². The average Bonchev–Trinajstić information content (AvgIpc) is 2.68. The second-order valence-corrected chi connectivity index (χ2v) is 6.38. The van der Waals surface area contributed by atoms with Crippen LogP contribution in [0.3, 0.4) is 0 Å². The minimum atomic E-state index is 0.600. The van der Waals surface area contributed by atoms with E-state index in [9.17, 15) is 0 Å². The molecular formula is C15H28BrN3O. The minimum absolute atomic E-state index is 0.600. The van der Waals surface area contributed by atoms with Gasteiger partial charge in [0.2, 0.25) is 0 Å². The fraction of sp³-hybridized carbons (Fsp3) is 0.800. The van der Waals surface area contributed by atoms with Crippen molar-refractivity contribution in [2.24, 2.45) is 18.9 Å². The van der Waals surface area contributed by atoms with Crippen molar-refractivity contribution in [2.45, 2.75) is 33.6 Å². The summed E-state index contributed by atoms with van der Waals surface area (Å²) in [7, 11) is 3.77. The van der Waals surface area contributed by atoms with Crippen LogP contribution >= 0.6 is 15.9 Å². The third kappa shape index (κ3) is 4.86. The van der Waals surface area contributed by atoms with Gasteiger partial charge < -0.3 is 10.1 Å². The number of aryl methyl sites for hydroxylation is 2. The van der Waals surface area contributed by atoms with Crippen LogP contribution in [-0.2, 0) is 24.6 Å². The quantitative estimate of drug-likeness (QED) is 0.699. The van der Waals surface area contributed by atoms with E-state index in [0.717, 1.165) is 38.2 Å². The molecule has 0 aromatic carbocycles. The van der Waals surface area contributed by atoms with E-state index < -0.39 is 0 Å². The number of nitrogens with zero attached hydrogens (tertiary/aromatic N) is 2. The molecule has 1 heterocycles. The topological polar surface area (TPSA) is 39.1 Å². The lowest BCUT2D eigenvalue weighted by Crippen LogP contribution is -2.30. The van der Waals surface area contributed by atoms with E-state index in [4.69, 9.17) is 4.74 Å². The average molecular weight is 346 g/mol. The number of methoxy groups -OCH3 is 1. The standard InChI is InChI=1S/C15H28BrN3O/c1-6-13-15(16)14(19(4)18-13)9-12(11(2)3)10-17-7-8-20-5/h11-12,17H,6-10H2,1-5H3. The highest BCUT2D eigenvalue weighted by atomic mass is 79.9. The zero-order chi connectivity index (χ0) is 15.1. The van der Waals surface area contributed by atoms with Gasteiger partial charge in [-0.05, 0) is 47.2 Å². The molecule has 0 saturated carbocycles. The second kappa shape index (κ2) is 8.80. The van der Waals surface area contributed by atoms with Gasteiger partial charge >= 0.3 is 0 Å². The Hall–Kier alpha value is -0.390. The SMILES string of the molecule is CCc1nn(C)c(CC(CNCCOC)C(C)C)c1Br. The lowest BCUT2D eigenvalue weighted by atomic mass is 9.91. The zero-order valence-electron chi connectivity index (χ0n) is 13.4. The summed E-state index contributed by atoms with van der Waals surface area (Å²) in [5.41, 5.74) is 2.45. The normalized spacial score (nSPS) is 13.2. The lowest BCUT2D eigenvalue weighted by Gasteiger charge is -2.21. The molecule has 1 atom stereocenters. The summed E-state index contributed by atoms with van der Waals surface area (Å²) in [5.74, 6) is 1.24. The van der Waals surface area contributed by atoms with Crippen LogP contribution in [0.1, 0.15) is 32.2 Å². The summed E-state index contributed by atoms with van der Waals surface area (Å²) in [6.07, 6.45) is 2.01. The maximum atomic E-state index is 5.07. The number of aromatic nitrogens is 2. The number of hydrogen-bond acceptors (Lipinski definition) is 3. The molecule has 0 radical (unpaired) electrons. The van der Waals surface area contributed by atoms with E-state index in [-0.39, 0.29) is 0 Å². The molecule has 0 spiro atoms. The lowest BCUT2D eigenvalue weighted by molar-refractivity contribution is 0.196. The maximum Gasteiger partial charge on any atom is 0.0766 e. The first-order chi connectivity index (χ1) is 9.51. The first kappa shape index (κ1) is 17.7. The molecule has 4 nitrogen and oxygen atoms in total. The Bertz CT molecular complexity index is 404. The van der Waals surface area contributed by atoms with Gasteiger partial charge in [0, 0.05) is 20.7 Å². The monoisotopic (exact) mass is 345 g/mol. The first-order valence-corrected chi connectivity index (χ1v) is 8.20. The largest absolute Gasteiger partial charge is 0.383 e. The molecule has 1 N–H and O–H groups in total. The van der Waals surface area contributed by atoms with E-state index >= 15 is 0 Å². The van der Waals surface area contributed by atoms with Crippen molar-refractivity contribution in [1.82, 2.24) is 15.1 Å². The molecule has 0 fully saturated rings. The second-order valence-electron chi connectivity index (χ2n) is 5.59. The van der Waals surface area contributed by atoms with Crippen LogP contribution < -0.4 is 5.32 Å². The third-order valence-corrected chi connectivity index (χ3v) is 4.71. The molecule has 5 heteroatoms. The Morgan fingerprint density at radius 3 is 2.60 bits per heavy atom. The molecule has 0 bridgehead atoms. The Morgan fingerprint density at radius 1 is 1.40 bits per heavy atom. The molecule has 0 aliphatic rings. The number of ether oxygens (including phenoxy) is 1. The van der Waals surface area contributed by atoms with Crippen LogP contribution in [0.15, 0.2) is 4.47 Å². The van der Waals surface area contributed by atoms with Crippen LogP contribution in [0.25, 0.3) is 0 Å².